The zero-order valence-electron chi connectivity index (χ0n) is 12.3. The van der Waals surface area contributed by atoms with Crippen LogP contribution in [0.1, 0.15) is 65.2 Å². The van der Waals surface area contributed by atoms with Gasteiger partial charge in [0, 0.05) is 0 Å². The molecule has 0 aliphatic rings. The van der Waals surface area contributed by atoms with Crippen molar-refractivity contribution in [1.29, 1.82) is 0 Å². The number of unbranched alkanes of at least 4 members (excludes halogenated alkanes) is 4. The van der Waals surface area contributed by atoms with Gasteiger partial charge in [-0.1, -0.05) is 74.0 Å². The van der Waals surface area contributed by atoms with E-state index in [4.69, 9.17) is 0 Å². The van der Waals surface area contributed by atoms with Gasteiger partial charge in [0.1, 0.15) is 10.7 Å². The predicted molar refractivity (Wildman–Crippen MR) is 87.3 cm³/mol. The van der Waals surface area contributed by atoms with Crippen molar-refractivity contribution in [1.82, 2.24) is 0 Å². The summed E-state index contributed by atoms with van der Waals surface area (Å²) >= 11 is 0. The fraction of sp³-hybridized carbons (Fsp3) is 0.857. The van der Waals surface area contributed by atoms with Crippen LogP contribution in [0.2, 0.25) is 0 Å². The molecule has 0 rings (SSSR count). The Balaban J connectivity index is 4.16. The van der Waals surface area contributed by atoms with Crippen molar-refractivity contribution < 1.29 is 9.59 Å². The quantitative estimate of drug-likeness (QED) is 0.211. The van der Waals surface area contributed by atoms with E-state index in [1.54, 1.807) is 12.2 Å². The smallest absolute Gasteiger partial charge is 0.211 e. The molecule has 2 atom stereocenters. The first-order valence-electron chi connectivity index (χ1n) is 7.24. The van der Waals surface area contributed by atoms with Crippen molar-refractivity contribution in [3.63, 3.8) is 0 Å². The van der Waals surface area contributed by atoms with Gasteiger partial charge >= 0.3 is 0 Å². The molecule has 0 aromatic rings. The summed E-state index contributed by atoms with van der Waals surface area (Å²) in [5.41, 5.74) is 0. The van der Waals surface area contributed by atoms with Crippen LogP contribution in [0.15, 0.2) is 9.98 Å². The second kappa shape index (κ2) is 14.9. The molecule has 0 saturated heterocycles. The van der Waals surface area contributed by atoms with Crippen LogP contribution >= 0.6 is 21.6 Å². The van der Waals surface area contributed by atoms with Gasteiger partial charge < -0.3 is 0 Å². The normalized spacial score (nSPS) is 13.1. The van der Waals surface area contributed by atoms with Crippen molar-refractivity contribution in [2.45, 2.75) is 76.0 Å². The summed E-state index contributed by atoms with van der Waals surface area (Å²) < 4.78 is 0. The molecule has 0 aliphatic carbocycles. The van der Waals surface area contributed by atoms with Crippen molar-refractivity contribution in [2.75, 3.05) is 0 Å². The summed E-state index contributed by atoms with van der Waals surface area (Å²) in [6, 6.07) is 0. The van der Waals surface area contributed by atoms with Gasteiger partial charge in [-0.2, -0.15) is 9.98 Å². The van der Waals surface area contributed by atoms with Crippen LogP contribution in [-0.2, 0) is 9.59 Å². The first-order valence-corrected chi connectivity index (χ1v) is 9.52. The molecule has 6 heteroatoms. The third kappa shape index (κ3) is 11.3. The maximum atomic E-state index is 10.4. The number of carbonyl (C=O) groups excluding carboxylic acids is 2. The maximum Gasteiger partial charge on any atom is 0.236 e. The monoisotopic (exact) mass is 316 g/mol. The van der Waals surface area contributed by atoms with Crippen LogP contribution in [0.25, 0.3) is 0 Å². The lowest BCUT2D eigenvalue weighted by Crippen LogP contribution is -2.01. The predicted octanol–water partition coefficient (Wildman–Crippen LogP) is 4.85. The summed E-state index contributed by atoms with van der Waals surface area (Å²) in [5.74, 6) is 0. The van der Waals surface area contributed by atoms with Crippen LogP contribution < -0.4 is 0 Å². The van der Waals surface area contributed by atoms with E-state index >= 15 is 0 Å². The zero-order valence-corrected chi connectivity index (χ0v) is 14.0. The Morgan fingerprint density at radius 3 is 1.50 bits per heavy atom. The average Bonchev–Trinajstić information content (AvgIpc) is 2.45. The van der Waals surface area contributed by atoms with E-state index in [0.29, 0.717) is 0 Å². The summed E-state index contributed by atoms with van der Waals surface area (Å²) in [5, 5.41) is -0.167. The van der Waals surface area contributed by atoms with E-state index in [1.165, 1.54) is 21.6 Å². The highest BCUT2D eigenvalue weighted by molar-refractivity contribution is 8.77. The Bertz CT molecular complexity index is 295. The number of isocyanates is 2. The number of nitrogens with zero attached hydrogens (tertiary/aromatic N) is 2. The number of aliphatic imine (C=N–C) groups is 2. The molecule has 0 amide bonds. The lowest BCUT2D eigenvalue weighted by Gasteiger charge is -2.13. The van der Waals surface area contributed by atoms with Gasteiger partial charge in [0.2, 0.25) is 12.2 Å². The molecule has 0 saturated carbocycles. The molecule has 0 heterocycles. The van der Waals surface area contributed by atoms with Crippen LogP contribution in [0.5, 0.6) is 0 Å². The third-order valence-corrected chi connectivity index (χ3v) is 5.68. The van der Waals surface area contributed by atoms with Crippen LogP contribution in [0, 0.1) is 0 Å². The first kappa shape index (κ1) is 19.5. The van der Waals surface area contributed by atoms with Gasteiger partial charge in [-0.05, 0) is 12.8 Å². The molecule has 0 aromatic carbocycles. The summed E-state index contributed by atoms with van der Waals surface area (Å²) in [7, 11) is 3.04. The summed E-state index contributed by atoms with van der Waals surface area (Å²) in [6.07, 6.45) is 11.7. The molecule has 0 N–H and O–H groups in total. The van der Waals surface area contributed by atoms with E-state index in [-0.39, 0.29) is 10.7 Å². The number of hydrogen-bond acceptors (Lipinski definition) is 6. The van der Waals surface area contributed by atoms with Gasteiger partial charge in [0.15, 0.2) is 0 Å². The average molecular weight is 316 g/mol. The Morgan fingerprint density at radius 2 is 1.20 bits per heavy atom. The van der Waals surface area contributed by atoms with Gasteiger partial charge in [0.05, 0.1) is 0 Å². The molecule has 0 aromatic heterocycles. The number of rotatable bonds is 13. The molecule has 0 radical (unpaired) electrons. The van der Waals surface area contributed by atoms with Gasteiger partial charge in [-0.25, -0.2) is 9.59 Å². The molecule has 4 nitrogen and oxygen atoms in total. The first-order chi connectivity index (χ1) is 9.78. The SMILES string of the molecule is CCCCCC(N=C=O)SSC(CCCCC)N=C=O. The molecular formula is C14H24N2O2S2. The molecule has 0 aliphatic heterocycles. The Kier molecular flexibility index (Phi) is 14.5. The Morgan fingerprint density at radius 1 is 0.800 bits per heavy atom. The topological polar surface area (TPSA) is 58.9 Å². The second-order valence-corrected chi connectivity index (χ2v) is 7.16. The standard InChI is InChI=1S/C14H24N2O2S2/c1-3-5-7-9-13(15-11-17)19-20-14(16-12-18)10-8-6-4-2/h13-14H,3-10H2,1-2H3. The van der Waals surface area contributed by atoms with Crippen LogP contribution in [-0.4, -0.2) is 22.9 Å². The lowest BCUT2D eigenvalue weighted by molar-refractivity contribution is 0.558. The Labute approximate surface area is 129 Å². The summed E-state index contributed by atoms with van der Waals surface area (Å²) in [4.78, 5) is 28.5. The third-order valence-electron chi connectivity index (χ3n) is 2.78. The van der Waals surface area contributed by atoms with E-state index in [1.807, 2.05) is 0 Å². The number of hydrogen-bond donors (Lipinski definition) is 0. The lowest BCUT2D eigenvalue weighted by atomic mass is 10.2. The minimum Gasteiger partial charge on any atom is -0.211 e. The van der Waals surface area contributed by atoms with Gasteiger partial charge in [-0.15, -0.1) is 0 Å². The van der Waals surface area contributed by atoms with E-state index in [0.717, 1.165) is 51.4 Å². The highest BCUT2D eigenvalue weighted by Crippen LogP contribution is 2.36. The molecule has 0 spiro atoms. The van der Waals surface area contributed by atoms with E-state index < -0.39 is 0 Å². The van der Waals surface area contributed by atoms with Crippen LogP contribution in [0.4, 0.5) is 0 Å². The molecule has 20 heavy (non-hydrogen) atoms. The summed E-state index contributed by atoms with van der Waals surface area (Å²) in [6.45, 7) is 4.28. The van der Waals surface area contributed by atoms with E-state index in [9.17, 15) is 9.59 Å². The highest BCUT2D eigenvalue weighted by Gasteiger charge is 2.13. The minimum atomic E-state index is -0.0837. The van der Waals surface area contributed by atoms with Crippen molar-refractivity contribution >= 4 is 33.7 Å². The largest absolute Gasteiger partial charge is 0.236 e. The van der Waals surface area contributed by atoms with Crippen molar-refractivity contribution in [3.8, 4) is 0 Å². The minimum absolute atomic E-state index is 0.0837. The molecule has 114 valence electrons. The zero-order chi connectivity index (χ0) is 15.1. The Hall–Kier alpha value is -0.540. The highest BCUT2D eigenvalue weighted by atomic mass is 33.1. The van der Waals surface area contributed by atoms with Crippen molar-refractivity contribution in [3.05, 3.63) is 0 Å². The van der Waals surface area contributed by atoms with Crippen LogP contribution in [0.3, 0.4) is 0 Å². The maximum absolute atomic E-state index is 10.4. The van der Waals surface area contributed by atoms with Crippen molar-refractivity contribution in [2.24, 2.45) is 9.98 Å². The fourth-order valence-electron chi connectivity index (χ4n) is 1.65. The van der Waals surface area contributed by atoms with E-state index in [2.05, 4.69) is 23.8 Å². The molecule has 2 unspecified atom stereocenters. The van der Waals surface area contributed by atoms with Gasteiger partial charge in [0.25, 0.3) is 0 Å². The fourth-order valence-corrected chi connectivity index (χ4v) is 4.21. The molecule has 0 bridgehead atoms. The molecular weight excluding hydrogens is 292 g/mol. The second-order valence-electron chi connectivity index (χ2n) is 4.53. The molecule has 0 fully saturated rings. The van der Waals surface area contributed by atoms with Gasteiger partial charge in [-0.3, -0.25) is 0 Å².